The summed E-state index contributed by atoms with van der Waals surface area (Å²) < 4.78 is 7.29. The summed E-state index contributed by atoms with van der Waals surface area (Å²) >= 11 is 0. The fraction of sp³-hybridized carbons (Fsp3) is 0.222. The van der Waals surface area contributed by atoms with Gasteiger partial charge in [-0.05, 0) is 43.7 Å². The highest BCUT2D eigenvalue weighted by Gasteiger charge is 2.30. The lowest BCUT2D eigenvalue weighted by Crippen LogP contribution is -2.42. The SMILES string of the molecule is Cc1cccc(-n2cc(C(=O)N3C[C@@H](C)Oc4ncccc43)nn2)c1. The highest BCUT2D eigenvalue weighted by Crippen LogP contribution is 2.31. The number of ether oxygens (including phenoxy) is 1. The minimum Gasteiger partial charge on any atom is -0.471 e. The van der Waals surface area contributed by atoms with E-state index in [1.807, 2.05) is 44.2 Å². The van der Waals surface area contributed by atoms with Gasteiger partial charge in [0.2, 0.25) is 5.88 Å². The molecule has 126 valence electrons. The molecule has 0 aliphatic carbocycles. The Kier molecular flexibility index (Phi) is 3.68. The van der Waals surface area contributed by atoms with Crippen LogP contribution < -0.4 is 9.64 Å². The van der Waals surface area contributed by atoms with E-state index in [1.54, 1.807) is 28.0 Å². The van der Waals surface area contributed by atoms with E-state index in [2.05, 4.69) is 15.3 Å². The summed E-state index contributed by atoms with van der Waals surface area (Å²) in [5, 5.41) is 8.15. The van der Waals surface area contributed by atoms with Crippen LogP contribution in [0.3, 0.4) is 0 Å². The molecule has 0 N–H and O–H groups in total. The smallest absolute Gasteiger partial charge is 0.280 e. The molecular formula is C18H17N5O2. The van der Waals surface area contributed by atoms with E-state index < -0.39 is 0 Å². The number of benzene rings is 1. The summed E-state index contributed by atoms with van der Waals surface area (Å²) in [5.74, 6) is 0.240. The van der Waals surface area contributed by atoms with Gasteiger partial charge in [0, 0.05) is 6.20 Å². The van der Waals surface area contributed by atoms with Gasteiger partial charge in [0.15, 0.2) is 5.69 Å². The Bertz CT molecular complexity index is 936. The number of nitrogens with zero attached hydrogens (tertiary/aromatic N) is 5. The maximum Gasteiger partial charge on any atom is 0.280 e. The highest BCUT2D eigenvalue weighted by molar-refractivity contribution is 6.05. The first kappa shape index (κ1) is 15.3. The van der Waals surface area contributed by atoms with E-state index >= 15 is 0 Å². The monoisotopic (exact) mass is 335 g/mol. The van der Waals surface area contributed by atoms with Crippen LogP contribution in [0.1, 0.15) is 23.0 Å². The van der Waals surface area contributed by atoms with Crippen LogP contribution in [0.15, 0.2) is 48.8 Å². The van der Waals surface area contributed by atoms with E-state index in [9.17, 15) is 4.79 Å². The zero-order chi connectivity index (χ0) is 17.4. The summed E-state index contributed by atoms with van der Waals surface area (Å²) in [7, 11) is 0. The molecule has 0 saturated heterocycles. The number of aryl methyl sites for hydroxylation is 1. The second kappa shape index (κ2) is 6.01. The molecule has 0 bridgehead atoms. The molecule has 3 heterocycles. The number of hydrogen-bond donors (Lipinski definition) is 0. The molecule has 4 rings (SSSR count). The summed E-state index contributed by atoms with van der Waals surface area (Å²) in [4.78, 5) is 18.8. The molecule has 1 atom stereocenters. The molecular weight excluding hydrogens is 318 g/mol. The molecule has 0 fully saturated rings. The molecule has 1 aliphatic heterocycles. The summed E-state index contributed by atoms with van der Waals surface area (Å²) in [6.45, 7) is 4.35. The van der Waals surface area contributed by atoms with Crippen LogP contribution in [-0.4, -0.2) is 38.5 Å². The fourth-order valence-corrected chi connectivity index (χ4v) is 2.85. The molecule has 1 aromatic carbocycles. The van der Waals surface area contributed by atoms with Crippen molar-refractivity contribution in [1.29, 1.82) is 0 Å². The quantitative estimate of drug-likeness (QED) is 0.719. The second-order valence-electron chi connectivity index (χ2n) is 6.06. The molecule has 3 aromatic rings. The zero-order valence-corrected chi connectivity index (χ0v) is 14.0. The van der Waals surface area contributed by atoms with E-state index in [4.69, 9.17) is 4.74 Å². The largest absolute Gasteiger partial charge is 0.471 e. The third kappa shape index (κ3) is 2.84. The molecule has 1 aliphatic rings. The Morgan fingerprint density at radius 2 is 2.16 bits per heavy atom. The lowest BCUT2D eigenvalue weighted by atomic mass is 10.2. The van der Waals surface area contributed by atoms with Gasteiger partial charge < -0.3 is 4.74 Å². The van der Waals surface area contributed by atoms with Crippen LogP contribution >= 0.6 is 0 Å². The van der Waals surface area contributed by atoms with Gasteiger partial charge in [-0.1, -0.05) is 17.3 Å². The summed E-state index contributed by atoms with van der Waals surface area (Å²) in [6, 6.07) is 11.5. The lowest BCUT2D eigenvalue weighted by molar-refractivity contribution is 0.0954. The van der Waals surface area contributed by atoms with Crippen molar-refractivity contribution in [3.8, 4) is 11.6 Å². The van der Waals surface area contributed by atoms with Gasteiger partial charge >= 0.3 is 0 Å². The van der Waals surface area contributed by atoms with Crippen LogP contribution in [-0.2, 0) is 0 Å². The first-order valence-corrected chi connectivity index (χ1v) is 8.05. The number of amides is 1. The Labute approximate surface area is 144 Å². The Morgan fingerprint density at radius 3 is 3.00 bits per heavy atom. The Hall–Kier alpha value is -3.22. The third-order valence-electron chi connectivity index (χ3n) is 4.02. The van der Waals surface area contributed by atoms with Gasteiger partial charge in [-0.25, -0.2) is 9.67 Å². The number of hydrogen-bond acceptors (Lipinski definition) is 5. The maximum atomic E-state index is 12.9. The standard InChI is InChI=1S/C18H17N5O2/c1-12-5-3-6-14(9-12)23-11-15(20-21-23)18(24)22-10-13(2)25-17-16(22)7-4-8-19-17/h3-9,11,13H,10H2,1-2H3/t13-/m1/s1. The first-order valence-electron chi connectivity index (χ1n) is 8.05. The predicted octanol–water partition coefficient (Wildman–Crippen LogP) is 2.40. The van der Waals surface area contributed by atoms with Crippen molar-refractivity contribution in [2.45, 2.75) is 20.0 Å². The third-order valence-corrected chi connectivity index (χ3v) is 4.02. The number of anilines is 1. The number of carbonyl (C=O) groups is 1. The minimum absolute atomic E-state index is 0.141. The van der Waals surface area contributed by atoms with Gasteiger partial charge in [-0.15, -0.1) is 5.10 Å². The van der Waals surface area contributed by atoms with E-state index in [0.29, 0.717) is 18.1 Å². The topological polar surface area (TPSA) is 73.1 Å². The molecule has 7 nitrogen and oxygen atoms in total. The second-order valence-corrected chi connectivity index (χ2v) is 6.06. The normalized spacial score (nSPS) is 16.2. The number of carbonyl (C=O) groups excluding carboxylic acids is 1. The van der Waals surface area contributed by atoms with E-state index in [1.165, 1.54) is 0 Å². The highest BCUT2D eigenvalue weighted by atomic mass is 16.5. The van der Waals surface area contributed by atoms with E-state index in [-0.39, 0.29) is 17.7 Å². The number of aromatic nitrogens is 4. The van der Waals surface area contributed by atoms with Crippen molar-refractivity contribution in [2.24, 2.45) is 0 Å². The van der Waals surface area contributed by atoms with Crippen molar-refractivity contribution in [1.82, 2.24) is 20.0 Å². The molecule has 0 saturated carbocycles. The molecule has 7 heteroatoms. The molecule has 1 amide bonds. The predicted molar refractivity (Wildman–Crippen MR) is 92.1 cm³/mol. The van der Waals surface area contributed by atoms with Crippen LogP contribution in [0.25, 0.3) is 5.69 Å². The maximum absolute atomic E-state index is 12.9. The van der Waals surface area contributed by atoms with Crippen LogP contribution in [0.5, 0.6) is 5.88 Å². The number of rotatable bonds is 2. The van der Waals surface area contributed by atoms with Gasteiger partial charge in [0.1, 0.15) is 11.8 Å². The zero-order valence-electron chi connectivity index (χ0n) is 14.0. The molecule has 25 heavy (non-hydrogen) atoms. The molecule has 0 spiro atoms. The number of pyridine rings is 1. The van der Waals surface area contributed by atoms with E-state index in [0.717, 1.165) is 11.3 Å². The first-order chi connectivity index (χ1) is 12.1. The van der Waals surface area contributed by atoms with Crippen molar-refractivity contribution in [3.63, 3.8) is 0 Å². The average molecular weight is 335 g/mol. The van der Waals surface area contributed by atoms with Crippen LogP contribution in [0.4, 0.5) is 5.69 Å². The summed E-state index contributed by atoms with van der Waals surface area (Å²) in [5.41, 5.74) is 2.91. The Morgan fingerprint density at radius 1 is 1.28 bits per heavy atom. The van der Waals surface area contributed by atoms with Crippen molar-refractivity contribution in [2.75, 3.05) is 11.4 Å². The van der Waals surface area contributed by atoms with Crippen LogP contribution in [0.2, 0.25) is 0 Å². The minimum atomic E-state index is -0.219. The number of fused-ring (bicyclic) bond motifs is 1. The lowest BCUT2D eigenvalue weighted by Gasteiger charge is -2.31. The van der Waals surface area contributed by atoms with Crippen molar-refractivity contribution in [3.05, 3.63) is 60.0 Å². The van der Waals surface area contributed by atoms with Crippen molar-refractivity contribution >= 4 is 11.6 Å². The average Bonchev–Trinajstić information content (AvgIpc) is 3.10. The van der Waals surface area contributed by atoms with Gasteiger partial charge in [0.05, 0.1) is 18.4 Å². The molecule has 0 unspecified atom stereocenters. The van der Waals surface area contributed by atoms with Gasteiger partial charge in [0.25, 0.3) is 5.91 Å². The molecule has 2 aromatic heterocycles. The fourth-order valence-electron chi connectivity index (χ4n) is 2.85. The summed E-state index contributed by atoms with van der Waals surface area (Å²) in [6.07, 6.45) is 3.15. The van der Waals surface area contributed by atoms with Gasteiger partial charge in [-0.2, -0.15) is 0 Å². The van der Waals surface area contributed by atoms with Crippen molar-refractivity contribution < 1.29 is 9.53 Å². The van der Waals surface area contributed by atoms with Crippen LogP contribution in [0, 0.1) is 6.92 Å². The molecule has 0 radical (unpaired) electrons. The Balaban J connectivity index is 1.66. The van der Waals surface area contributed by atoms with Gasteiger partial charge in [-0.3, -0.25) is 9.69 Å².